The lowest BCUT2D eigenvalue weighted by Gasteiger charge is -2.24. The highest BCUT2D eigenvalue weighted by atomic mass is 32.2. The molecule has 3 aromatic carbocycles. The Kier molecular flexibility index (Phi) is 8.76. The Morgan fingerprint density at radius 2 is 1.66 bits per heavy atom. The van der Waals surface area contributed by atoms with Gasteiger partial charge in [0.25, 0.3) is 5.91 Å². The molecule has 3 aromatic rings. The minimum absolute atomic E-state index is 0.120. The van der Waals surface area contributed by atoms with Crippen LogP contribution in [0.25, 0.3) is 0 Å². The number of hydrogen-bond acceptors (Lipinski definition) is 5. The van der Waals surface area contributed by atoms with Crippen LogP contribution in [0.15, 0.2) is 66.7 Å². The number of amides is 1. The van der Waals surface area contributed by atoms with Gasteiger partial charge in [0.15, 0.2) is 0 Å². The zero-order valence-electron chi connectivity index (χ0n) is 20.6. The number of benzene rings is 3. The van der Waals surface area contributed by atoms with Crippen molar-refractivity contribution in [1.29, 1.82) is 0 Å². The zero-order chi connectivity index (χ0) is 25.4. The predicted octanol–water partition coefficient (Wildman–Crippen LogP) is 4.48. The van der Waals surface area contributed by atoms with E-state index in [-0.39, 0.29) is 12.5 Å². The van der Waals surface area contributed by atoms with E-state index in [9.17, 15) is 13.2 Å². The van der Waals surface area contributed by atoms with Gasteiger partial charge < -0.3 is 14.8 Å². The van der Waals surface area contributed by atoms with Gasteiger partial charge >= 0.3 is 0 Å². The zero-order valence-corrected chi connectivity index (χ0v) is 21.4. The summed E-state index contributed by atoms with van der Waals surface area (Å²) in [4.78, 5) is 12.5. The van der Waals surface area contributed by atoms with E-state index in [0.29, 0.717) is 36.8 Å². The molecule has 0 saturated heterocycles. The van der Waals surface area contributed by atoms with E-state index in [0.717, 1.165) is 23.1 Å². The molecule has 8 heteroatoms. The molecule has 7 nitrogen and oxygen atoms in total. The second-order valence-corrected chi connectivity index (χ2v) is 10.1. The van der Waals surface area contributed by atoms with Crippen LogP contribution in [-0.4, -0.2) is 40.3 Å². The number of carbonyl (C=O) groups is 1. The molecule has 0 unspecified atom stereocenters. The Morgan fingerprint density at radius 3 is 2.31 bits per heavy atom. The maximum atomic E-state index is 12.5. The summed E-state index contributed by atoms with van der Waals surface area (Å²) < 4.78 is 37.8. The van der Waals surface area contributed by atoms with E-state index in [1.54, 1.807) is 48.5 Å². The summed E-state index contributed by atoms with van der Waals surface area (Å²) in [6.07, 6.45) is 1.16. The number of aryl methyl sites for hydroxylation is 2. The van der Waals surface area contributed by atoms with Crippen LogP contribution in [0.3, 0.4) is 0 Å². The number of rotatable bonds is 11. The van der Waals surface area contributed by atoms with E-state index >= 15 is 0 Å². The van der Waals surface area contributed by atoms with Crippen molar-refractivity contribution in [3.05, 3.63) is 89.0 Å². The van der Waals surface area contributed by atoms with Crippen molar-refractivity contribution in [1.82, 2.24) is 5.32 Å². The molecule has 0 heterocycles. The first kappa shape index (κ1) is 26.1. The number of carbonyl (C=O) groups excluding carboxylic acids is 1. The molecule has 1 N–H and O–H groups in total. The van der Waals surface area contributed by atoms with Gasteiger partial charge in [0.1, 0.15) is 18.1 Å². The van der Waals surface area contributed by atoms with E-state index < -0.39 is 10.0 Å². The molecule has 0 radical (unpaired) electrons. The largest absolute Gasteiger partial charge is 0.492 e. The molecule has 0 aliphatic rings. The van der Waals surface area contributed by atoms with Crippen LogP contribution in [0.4, 0.5) is 5.69 Å². The van der Waals surface area contributed by atoms with Crippen molar-refractivity contribution in [2.75, 3.05) is 30.3 Å². The van der Waals surface area contributed by atoms with Crippen LogP contribution in [0, 0.1) is 13.8 Å². The number of hydrogen-bond donors (Lipinski definition) is 1. The molecular weight excluding hydrogens is 464 g/mol. The standard InChI is InChI=1S/C27H32N2O5S/c1-5-33-26-9-7-6-8-24(26)29(35(4,31)32)19-22-11-13-23(14-12-22)27(30)28-16-17-34-25-15-10-20(2)18-21(25)3/h6-15,18H,5,16-17,19H2,1-4H3,(H,28,30). The van der Waals surface area contributed by atoms with Crippen molar-refractivity contribution >= 4 is 21.6 Å². The Bertz CT molecular complexity index is 1260. The molecule has 0 aliphatic heterocycles. The number of sulfonamides is 1. The smallest absolute Gasteiger partial charge is 0.251 e. The summed E-state index contributed by atoms with van der Waals surface area (Å²) in [7, 11) is -3.57. The summed E-state index contributed by atoms with van der Waals surface area (Å²) >= 11 is 0. The number of nitrogens with zero attached hydrogens (tertiary/aromatic N) is 1. The Balaban J connectivity index is 1.61. The summed E-state index contributed by atoms with van der Waals surface area (Å²) in [5, 5.41) is 2.85. The first-order chi connectivity index (χ1) is 16.7. The summed E-state index contributed by atoms with van der Waals surface area (Å²) in [6, 6.07) is 19.9. The average molecular weight is 497 g/mol. The monoisotopic (exact) mass is 496 g/mol. The van der Waals surface area contributed by atoms with E-state index in [1.165, 1.54) is 9.87 Å². The maximum absolute atomic E-state index is 12.5. The van der Waals surface area contributed by atoms with Gasteiger partial charge in [-0.1, -0.05) is 42.0 Å². The molecule has 1 amide bonds. The van der Waals surface area contributed by atoms with Gasteiger partial charge in [0.2, 0.25) is 10.0 Å². The predicted molar refractivity (Wildman–Crippen MR) is 139 cm³/mol. The molecule has 0 bridgehead atoms. The number of ether oxygens (including phenoxy) is 2. The fourth-order valence-electron chi connectivity index (χ4n) is 3.64. The number of para-hydroxylation sites is 2. The van der Waals surface area contributed by atoms with Gasteiger partial charge in [0.05, 0.1) is 31.6 Å². The van der Waals surface area contributed by atoms with Gasteiger partial charge in [-0.3, -0.25) is 9.10 Å². The van der Waals surface area contributed by atoms with E-state index in [1.807, 2.05) is 32.9 Å². The van der Waals surface area contributed by atoms with Gasteiger partial charge in [-0.05, 0) is 62.2 Å². The van der Waals surface area contributed by atoms with Gasteiger partial charge in [-0.25, -0.2) is 8.42 Å². The molecule has 3 rings (SSSR count). The first-order valence-electron chi connectivity index (χ1n) is 11.5. The Morgan fingerprint density at radius 1 is 0.943 bits per heavy atom. The van der Waals surface area contributed by atoms with Crippen LogP contribution < -0.4 is 19.1 Å². The summed E-state index contributed by atoms with van der Waals surface area (Å²) in [6.45, 7) is 7.13. The van der Waals surface area contributed by atoms with Crippen LogP contribution in [-0.2, 0) is 16.6 Å². The van der Waals surface area contributed by atoms with E-state index in [2.05, 4.69) is 11.4 Å². The van der Waals surface area contributed by atoms with Crippen LogP contribution in [0.5, 0.6) is 11.5 Å². The van der Waals surface area contributed by atoms with Crippen molar-refractivity contribution in [3.63, 3.8) is 0 Å². The topological polar surface area (TPSA) is 84.9 Å². The fourth-order valence-corrected chi connectivity index (χ4v) is 4.53. The van der Waals surface area contributed by atoms with Crippen LogP contribution >= 0.6 is 0 Å². The lowest BCUT2D eigenvalue weighted by atomic mass is 10.1. The quantitative estimate of drug-likeness (QED) is 0.396. The third-order valence-electron chi connectivity index (χ3n) is 5.35. The minimum Gasteiger partial charge on any atom is -0.492 e. The second-order valence-electron chi connectivity index (χ2n) is 8.24. The fraction of sp³-hybridized carbons (Fsp3) is 0.296. The Labute approximate surface area is 207 Å². The highest BCUT2D eigenvalue weighted by Gasteiger charge is 2.21. The highest BCUT2D eigenvalue weighted by Crippen LogP contribution is 2.31. The molecule has 0 fully saturated rings. The van der Waals surface area contributed by atoms with Crippen molar-refractivity contribution < 1.29 is 22.7 Å². The van der Waals surface area contributed by atoms with Crippen LogP contribution in [0.1, 0.15) is 34.0 Å². The maximum Gasteiger partial charge on any atom is 0.251 e. The molecular formula is C27H32N2O5S. The molecule has 0 atom stereocenters. The molecule has 0 aliphatic carbocycles. The third kappa shape index (κ3) is 7.23. The van der Waals surface area contributed by atoms with Crippen molar-refractivity contribution in [2.24, 2.45) is 0 Å². The first-order valence-corrected chi connectivity index (χ1v) is 13.3. The van der Waals surface area contributed by atoms with E-state index in [4.69, 9.17) is 9.47 Å². The highest BCUT2D eigenvalue weighted by molar-refractivity contribution is 7.92. The average Bonchev–Trinajstić information content (AvgIpc) is 2.82. The van der Waals surface area contributed by atoms with Gasteiger partial charge in [0, 0.05) is 5.56 Å². The number of anilines is 1. The molecule has 0 aromatic heterocycles. The Hall–Kier alpha value is -3.52. The third-order valence-corrected chi connectivity index (χ3v) is 6.48. The summed E-state index contributed by atoms with van der Waals surface area (Å²) in [5.41, 5.74) is 3.93. The lowest BCUT2D eigenvalue weighted by molar-refractivity contribution is 0.0947. The molecule has 35 heavy (non-hydrogen) atoms. The van der Waals surface area contributed by atoms with Crippen molar-refractivity contribution in [3.8, 4) is 11.5 Å². The molecule has 0 spiro atoms. The minimum atomic E-state index is -3.57. The SMILES string of the molecule is CCOc1ccccc1N(Cc1ccc(C(=O)NCCOc2ccc(C)cc2C)cc1)S(C)(=O)=O. The van der Waals surface area contributed by atoms with Gasteiger partial charge in [-0.2, -0.15) is 0 Å². The molecule has 0 saturated carbocycles. The van der Waals surface area contributed by atoms with Gasteiger partial charge in [-0.15, -0.1) is 0 Å². The summed E-state index contributed by atoms with van der Waals surface area (Å²) in [5.74, 6) is 1.08. The number of nitrogens with one attached hydrogen (secondary N) is 1. The van der Waals surface area contributed by atoms with Crippen molar-refractivity contribution in [2.45, 2.75) is 27.3 Å². The molecule has 186 valence electrons. The van der Waals surface area contributed by atoms with Crippen LogP contribution in [0.2, 0.25) is 0 Å². The lowest BCUT2D eigenvalue weighted by Crippen LogP contribution is -2.30. The normalized spacial score (nSPS) is 11.1. The second kappa shape index (κ2) is 11.8.